The van der Waals surface area contributed by atoms with Gasteiger partial charge in [0.1, 0.15) is 46.6 Å². The fraction of sp³-hybridized carbons (Fsp3) is 0.652. The Morgan fingerprint density at radius 3 is 2.26 bits per heavy atom. The van der Waals surface area contributed by atoms with E-state index < -0.39 is 119 Å². The van der Waals surface area contributed by atoms with Crippen LogP contribution in [0.5, 0.6) is 11.5 Å². The predicted octanol–water partition coefficient (Wildman–Crippen LogP) is 5.42. The van der Waals surface area contributed by atoms with Crippen LogP contribution in [0.2, 0.25) is 0 Å². The molecule has 1 aromatic rings. The first-order chi connectivity index (χ1) is 30.2. The number of allylic oxidation sites excluding steroid dienone is 1. The second kappa shape index (κ2) is 19.5. The SMILES string of the molecule is COc1ccc(OC)c(C(=O)O[C@H]2C3[C@](C)(C(=O)[C@H](OC(=O)CCSS)C4=C(C)[C@@H](OC(=O)C[C@H](C=C(C)C)NC(=O)OC(C)(C)C)C[C@]2(O)C4(C)C)[C@@H](O)C[C@H]2OC[C@@]32OC(C)=O)c1. The predicted molar refractivity (Wildman–Crippen MR) is 239 cm³/mol. The Bertz CT molecular complexity index is 2110. The van der Waals surface area contributed by atoms with Crippen molar-refractivity contribution >= 4 is 58.2 Å². The molecule has 0 aromatic heterocycles. The third-order valence-electron chi connectivity index (χ3n) is 13.1. The molecule has 360 valence electrons. The Hall–Kier alpha value is -4.30. The Morgan fingerprint density at radius 1 is 1.03 bits per heavy atom. The molecule has 17 nitrogen and oxygen atoms in total. The Kier molecular flexibility index (Phi) is 15.5. The zero-order valence-corrected chi connectivity index (χ0v) is 40.8. The van der Waals surface area contributed by atoms with Crippen molar-refractivity contribution in [1.82, 2.24) is 5.32 Å². The lowest BCUT2D eigenvalue weighted by molar-refractivity contribution is -0.346. The second-order valence-electron chi connectivity index (χ2n) is 19.1. The highest BCUT2D eigenvalue weighted by atomic mass is 33.1. The molecule has 1 aromatic carbocycles. The van der Waals surface area contributed by atoms with Crippen LogP contribution in [-0.2, 0) is 47.6 Å². The van der Waals surface area contributed by atoms with E-state index in [1.165, 1.54) is 33.3 Å². The quantitative estimate of drug-likeness (QED) is 0.0600. The maximum atomic E-state index is 15.8. The van der Waals surface area contributed by atoms with Crippen molar-refractivity contribution < 1.29 is 76.9 Å². The molecule has 2 saturated carbocycles. The molecule has 65 heavy (non-hydrogen) atoms. The number of rotatable bonds is 14. The van der Waals surface area contributed by atoms with Crippen LogP contribution in [0.15, 0.2) is 41.0 Å². The Balaban J connectivity index is 1.77. The molecule has 1 saturated heterocycles. The Labute approximate surface area is 388 Å². The number of methoxy groups -OCH3 is 2. The number of aliphatic hydroxyl groups is 2. The summed E-state index contributed by atoms with van der Waals surface area (Å²) in [6.07, 6.45) is -8.13. The van der Waals surface area contributed by atoms with Crippen molar-refractivity contribution in [2.45, 2.75) is 148 Å². The average Bonchev–Trinajstić information content (AvgIpc) is 3.19. The van der Waals surface area contributed by atoms with Crippen LogP contribution in [0.25, 0.3) is 0 Å². The number of ether oxygens (including phenoxy) is 8. The molecule has 19 heteroatoms. The summed E-state index contributed by atoms with van der Waals surface area (Å²) in [4.78, 5) is 84.4. The molecule has 2 bridgehead atoms. The molecule has 1 amide bonds. The maximum absolute atomic E-state index is 15.8. The van der Waals surface area contributed by atoms with E-state index in [2.05, 4.69) is 17.0 Å². The van der Waals surface area contributed by atoms with Crippen LogP contribution >= 0.6 is 22.5 Å². The number of alkyl carbamates (subject to hydrolysis) is 1. The van der Waals surface area contributed by atoms with Gasteiger partial charge in [-0.05, 0) is 77.8 Å². The number of aliphatic hydroxyl groups excluding tert-OH is 1. The van der Waals surface area contributed by atoms with Crippen LogP contribution in [-0.4, -0.2) is 126 Å². The third-order valence-corrected chi connectivity index (χ3v) is 14.0. The highest BCUT2D eigenvalue weighted by Crippen LogP contribution is 2.64. The third kappa shape index (κ3) is 10.0. The lowest BCUT2D eigenvalue weighted by Gasteiger charge is -2.67. The number of benzene rings is 1. The van der Waals surface area contributed by atoms with Gasteiger partial charge in [-0.25, -0.2) is 9.59 Å². The summed E-state index contributed by atoms with van der Waals surface area (Å²) in [5.41, 5.74) is -7.90. The first kappa shape index (κ1) is 51.7. The summed E-state index contributed by atoms with van der Waals surface area (Å²) >= 11 is 4.15. The van der Waals surface area contributed by atoms with Gasteiger partial charge in [0.25, 0.3) is 0 Å². The highest BCUT2D eigenvalue weighted by molar-refractivity contribution is 8.68. The molecule has 10 atom stereocenters. The first-order valence-electron chi connectivity index (χ1n) is 21.4. The number of hydrogen-bond donors (Lipinski definition) is 4. The van der Waals surface area contributed by atoms with Crippen molar-refractivity contribution in [3.8, 4) is 11.5 Å². The standard InChI is InChI=1S/C46H63NO16S2/c1-23(2)17-26(47-41(54)63-42(5,6)7)18-34(51)59-30-21-46(55)39(61-40(53)28-19-27(56-11)13-14-29(28)57-12)37-44(10,31(49)20-32-45(37,22-58-32)62-25(4)48)38(52)36(60-33(50)15-16-65-64)35(24(30)3)43(46,8)9/h13-14,17,19,26,30-32,36-37,39,49,55,64H,15-16,18,20-22H2,1-12H3,(H,47,54)/t26-,30-,31-,32+,36+,37?,39-,44+,45-,46+/m0/s1. The summed E-state index contributed by atoms with van der Waals surface area (Å²) in [5.74, 6) is -5.39. The van der Waals surface area contributed by atoms with Gasteiger partial charge in [-0.15, -0.1) is 11.7 Å². The minimum Gasteiger partial charge on any atom is -0.497 e. The van der Waals surface area contributed by atoms with Gasteiger partial charge < -0.3 is 53.4 Å². The fourth-order valence-corrected chi connectivity index (χ4v) is 10.5. The van der Waals surface area contributed by atoms with Crippen molar-refractivity contribution in [1.29, 1.82) is 0 Å². The molecule has 0 radical (unpaired) electrons. The largest absolute Gasteiger partial charge is 0.497 e. The number of esters is 4. The molecule has 4 aliphatic rings. The van der Waals surface area contributed by atoms with E-state index >= 15 is 4.79 Å². The van der Waals surface area contributed by atoms with Crippen LogP contribution in [0.3, 0.4) is 0 Å². The van der Waals surface area contributed by atoms with E-state index in [0.717, 1.165) is 23.3 Å². The molecule has 3 N–H and O–H groups in total. The molecule has 1 heterocycles. The lowest BCUT2D eigenvalue weighted by Crippen LogP contribution is -2.82. The van der Waals surface area contributed by atoms with Crippen molar-refractivity contribution in [2.24, 2.45) is 16.7 Å². The van der Waals surface area contributed by atoms with Crippen LogP contribution in [0.4, 0.5) is 4.79 Å². The van der Waals surface area contributed by atoms with Gasteiger partial charge in [0.2, 0.25) is 0 Å². The number of Topliss-reactive ketones (excluding diaryl/α,β-unsaturated/α-hetero) is 1. The topological polar surface area (TPSA) is 229 Å². The van der Waals surface area contributed by atoms with Gasteiger partial charge >= 0.3 is 30.0 Å². The van der Waals surface area contributed by atoms with Gasteiger partial charge in [0.05, 0.1) is 57.1 Å². The number of nitrogens with one attached hydrogen (secondary N) is 1. The molecule has 5 rings (SSSR count). The number of carbonyl (C=O) groups is 6. The van der Waals surface area contributed by atoms with Gasteiger partial charge in [-0.2, -0.15) is 0 Å². The summed E-state index contributed by atoms with van der Waals surface area (Å²) in [7, 11) is 3.81. The molecule has 3 fully saturated rings. The molecular weight excluding hydrogens is 887 g/mol. The number of ketones is 1. The van der Waals surface area contributed by atoms with Crippen molar-refractivity contribution in [3.05, 3.63) is 46.6 Å². The molecule has 1 unspecified atom stereocenters. The summed E-state index contributed by atoms with van der Waals surface area (Å²) < 4.78 is 47.3. The number of thiol groups is 1. The summed E-state index contributed by atoms with van der Waals surface area (Å²) in [5, 5.41) is 28.8. The molecular formula is C46H63NO16S2. The van der Waals surface area contributed by atoms with Gasteiger partial charge in [-0.3, -0.25) is 19.2 Å². The molecule has 1 aliphatic heterocycles. The Morgan fingerprint density at radius 2 is 1.71 bits per heavy atom. The van der Waals surface area contributed by atoms with E-state index in [4.69, 9.17) is 37.9 Å². The smallest absolute Gasteiger partial charge is 0.408 e. The second-order valence-corrected chi connectivity index (χ2v) is 20.5. The summed E-state index contributed by atoms with van der Waals surface area (Å²) in [6, 6.07) is 3.50. The minimum absolute atomic E-state index is 0.0362. The van der Waals surface area contributed by atoms with Crippen LogP contribution in [0, 0.1) is 16.7 Å². The zero-order chi connectivity index (χ0) is 48.6. The van der Waals surface area contributed by atoms with Crippen molar-refractivity contribution in [2.75, 3.05) is 26.6 Å². The highest BCUT2D eigenvalue weighted by Gasteiger charge is 2.78. The minimum atomic E-state index is -2.40. The number of fused-ring (bicyclic) bond motifs is 5. The van der Waals surface area contributed by atoms with E-state index in [1.54, 1.807) is 67.5 Å². The van der Waals surface area contributed by atoms with E-state index in [1.807, 2.05) is 0 Å². The summed E-state index contributed by atoms with van der Waals surface area (Å²) in [6.45, 7) is 15.6. The molecule has 0 spiro atoms. The number of carbonyl (C=O) groups excluding carboxylic acids is 6. The van der Waals surface area contributed by atoms with Crippen molar-refractivity contribution in [3.63, 3.8) is 0 Å². The van der Waals surface area contributed by atoms with Gasteiger partial charge in [0.15, 0.2) is 17.5 Å². The van der Waals surface area contributed by atoms with E-state index in [9.17, 15) is 34.2 Å². The first-order valence-corrected chi connectivity index (χ1v) is 23.4. The van der Waals surface area contributed by atoms with Crippen LogP contribution < -0.4 is 14.8 Å². The number of hydrogen-bond acceptors (Lipinski definition) is 18. The van der Waals surface area contributed by atoms with Crippen LogP contribution in [0.1, 0.15) is 105 Å². The van der Waals surface area contributed by atoms with Gasteiger partial charge in [-0.1, -0.05) is 36.3 Å². The maximum Gasteiger partial charge on any atom is 0.408 e. The number of amides is 1. The van der Waals surface area contributed by atoms with Gasteiger partial charge in [0, 0.05) is 30.9 Å². The van der Waals surface area contributed by atoms with E-state index in [-0.39, 0.29) is 53.4 Å². The monoisotopic (exact) mass is 949 g/mol. The normalized spacial score (nSPS) is 30.6. The average molecular weight is 950 g/mol. The van der Waals surface area contributed by atoms with E-state index in [0.29, 0.717) is 0 Å². The fourth-order valence-electron chi connectivity index (χ4n) is 9.96. The zero-order valence-electron chi connectivity index (χ0n) is 39.1. The lowest BCUT2D eigenvalue weighted by atomic mass is 9.44. The molecule has 3 aliphatic carbocycles.